The Morgan fingerprint density at radius 2 is 1.74 bits per heavy atom. The molecule has 0 unspecified atom stereocenters. The van der Waals surface area contributed by atoms with Crippen molar-refractivity contribution >= 4 is 16.7 Å². The average Bonchev–Trinajstić information content (AvgIpc) is 2.55. The molecule has 0 amide bonds. The van der Waals surface area contributed by atoms with Gasteiger partial charge in [0.1, 0.15) is 12.1 Å². The van der Waals surface area contributed by atoms with E-state index in [-0.39, 0.29) is 0 Å². The van der Waals surface area contributed by atoms with Crippen LogP contribution in [-0.4, -0.2) is 16.5 Å². The summed E-state index contributed by atoms with van der Waals surface area (Å²) in [6, 6.07) is 13.3. The van der Waals surface area contributed by atoms with Gasteiger partial charge in [-0.1, -0.05) is 30.3 Å². The molecular formula is C17H14F3N3. The number of nitrogens with one attached hydrogen (secondary N) is 1. The fraction of sp³-hybridized carbons (Fsp3) is 0.176. The van der Waals surface area contributed by atoms with Crippen molar-refractivity contribution in [3.8, 4) is 0 Å². The molecule has 0 aliphatic rings. The molecular weight excluding hydrogens is 303 g/mol. The molecule has 0 saturated heterocycles. The van der Waals surface area contributed by atoms with Gasteiger partial charge < -0.3 is 5.32 Å². The smallest absolute Gasteiger partial charge is 0.369 e. The molecule has 1 N–H and O–H groups in total. The van der Waals surface area contributed by atoms with E-state index in [0.29, 0.717) is 23.3 Å². The van der Waals surface area contributed by atoms with Crippen LogP contribution in [0.1, 0.15) is 11.1 Å². The molecule has 0 saturated carbocycles. The van der Waals surface area contributed by atoms with E-state index in [9.17, 15) is 13.2 Å². The van der Waals surface area contributed by atoms with Crippen LogP contribution in [0.3, 0.4) is 0 Å². The number of aromatic nitrogens is 2. The van der Waals surface area contributed by atoms with E-state index in [4.69, 9.17) is 0 Å². The van der Waals surface area contributed by atoms with E-state index in [1.54, 1.807) is 0 Å². The first-order chi connectivity index (χ1) is 11.0. The Kier molecular flexibility index (Phi) is 4.14. The standard InChI is InChI=1S/C17H14F3N3/c18-17(19,20)13-6-7-15-14(10-13)16(23-11-22-15)21-9-8-12-4-2-1-3-5-12/h1-7,10-11H,8-9H2,(H,21,22,23). The molecule has 23 heavy (non-hydrogen) atoms. The van der Waals surface area contributed by atoms with Gasteiger partial charge in [0.2, 0.25) is 0 Å². The van der Waals surface area contributed by atoms with E-state index < -0.39 is 11.7 Å². The van der Waals surface area contributed by atoms with Crippen molar-refractivity contribution < 1.29 is 13.2 Å². The average molecular weight is 317 g/mol. The van der Waals surface area contributed by atoms with E-state index in [0.717, 1.165) is 24.1 Å². The van der Waals surface area contributed by atoms with Crippen molar-refractivity contribution in [3.63, 3.8) is 0 Å². The number of benzene rings is 2. The molecule has 3 nitrogen and oxygen atoms in total. The predicted octanol–water partition coefficient (Wildman–Crippen LogP) is 4.30. The van der Waals surface area contributed by atoms with Crippen LogP contribution in [0, 0.1) is 0 Å². The summed E-state index contributed by atoms with van der Waals surface area (Å²) >= 11 is 0. The van der Waals surface area contributed by atoms with Crippen LogP contribution in [0.2, 0.25) is 0 Å². The van der Waals surface area contributed by atoms with Gasteiger partial charge in [0.05, 0.1) is 11.1 Å². The molecule has 0 aliphatic carbocycles. The van der Waals surface area contributed by atoms with Crippen molar-refractivity contribution in [2.75, 3.05) is 11.9 Å². The molecule has 3 aromatic rings. The van der Waals surface area contributed by atoms with E-state index in [1.165, 1.54) is 12.4 Å². The Bertz CT molecular complexity index is 801. The van der Waals surface area contributed by atoms with Crippen molar-refractivity contribution in [2.45, 2.75) is 12.6 Å². The third-order valence-corrected chi connectivity index (χ3v) is 3.51. The number of nitrogens with zero attached hydrogens (tertiary/aromatic N) is 2. The monoisotopic (exact) mass is 317 g/mol. The molecule has 0 fully saturated rings. The van der Waals surface area contributed by atoms with Gasteiger partial charge in [-0.05, 0) is 30.2 Å². The van der Waals surface area contributed by atoms with Gasteiger partial charge in [-0.3, -0.25) is 0 Å². The van der Waals surface area contributed by atoms with Crippen LogP contribution < -0.4 is 5.32 Å². The van der Waals surface area contributed by atoms with Crippen LogP contribution in [0.15, 0.2) is 54.9 Å². The van der Waals surface area contributed by atoms with Crippen LogP contribution >= 0.6 is 0 Å². The number of halogens is 3. The first-order valence-corrected chi connectivity index (χ1v) is 7.14. The second-order valence-electron chi connectivity index (χ2n) is 5.11. The van der Waals surface area contributed by atoms with Gasteiger partial charge in [0.15, 0.2) is 0 Å². The molecule has 118 valence electrons. The maximum atomic E-state index is 12.9. The van der Waals surface area contributed by atoms with E-state index in [2.05, 4.69) is 15.3 Å². The molecule has 1 heterocycles. The molecule has 0 atom stereocenters. The quantitative estimate of drug-likeness (QED) is 0.779. The van der Waals surface area contributed by atoms with Crippen molar-refractivity contribution in [3.05, 3.63) is 66.0 Å². The highest BCUT2D eigenvalue weighted by molar-refractivity contribution is 5.89. The summed E-state index contributed by atoms with van der Waals surface area (Å²) in [5, 5.41) is 3.47. The van der Waals surface area contributed by atoms with Gasteiger partial charge in [-0.25, -0.2) is 9.97 Å². The lowest BCUT2D eigenvalue weighted by atomic mass is 10.1. The number of hydrogen-bond acceptors (Lipinski definition) is 3. The summed E-state index contributed by atoms with van der Waals surface area (Å²) < 4.78 is 38.6. The SMILES string of the molecule is FC(F)(F)c1ccc2ncnc(NCCc3ccccc3)c2c1. The Hall–Kier alpha value is -2.63. The number of fused-ring (bicyclic) bond motifs is 1. The zero-order valence-electron chi connectivity index (χ0n) is 12.1. The summed E-state index contributed by atoms with van der Waals surface area (Å²) in [5.74, 6) is 0.414. The van der Waals surface area contributed by atoms with Crippen LogP contribution in [0.4, 0.5) is 19.0 Å². The molecule has 0 aliphatic heterocycles. The first kappa shape index (κ1) is 15.3. The Balaban J connectivity index is 1.82. The lowest BCUT2D eigenvalue weighted by molar-refractivity contribution is -0.137. The fourth-order valence-electron chi connectivity index (χ4n) is 2.34. The molecule has 0 radical (unpaired) electrons. The third kappa shape index (κ3) is 3.59. The minimum atomic E-state index is -4.38. The Labute approximate surface area is 131 Å². The minimum Gasteiger partial charge on any atom is -0.369 e. The Morgan fingerprint density at radius 3 is 2.48 bits per heavy atom. The maximum absolute atomic E-state index is 12.9. The van der Waals surface area contributed by atoms with E-state index in [1.807, 2.05) is 30.3 Å². The zero-order valence-corrected chi connectivity index (χ0v) is 12.1. The molecule has 0 spiro atoms. The fourth-order valence-corrected chi connectivity index (χ4v) is 2.34. The largest absolute Gasteiger partial charge is 0.416 e. The normalized spacial score (nSPS) is 11.6. The zero-order chi connectivity index (χ0) is 16.3. The Morgan fingerprint density at radius 1 is 0.957 bits per heavy atom. The highest BCUT2D eigenvalue weighted by Gasteiger charge is 2.30. The number of rotatable bonds is 4. The summed E-state index contributed by atoms with van der Waals surface area (Å²) in [6.07, 6.45) is -2.28. The van der Waals surface area contributed by atoms with E-state index >= 15 is 0 Å². The van der Waals surface area contributed by atoms with Crippen molar-refractivity contribution in [2.24, 2.45) is 0 Å². The summed E-state index contributed by atoms with van der Waals surface area (Å²) in [5.41, 5.74) is 0.926. The van der Waals surface area contributed by atoms with Gasteiger partial charge in [0, 0.05) is 11.9 Å². The molecule has 3 rings (SSSR count). The van der Waals surface area contributed by atoms with Crippen LogP contribution in [0.25, 0.3) is 10.9 Å². The molecule has 6 heteroatoms. The molecule has 1 aromatic heterocycles. The predicted molar refractivity (Wildman–Crippen MR) is 83.2 cm³/mol. The van der Waals surface area contributed by atoms with Crippen molar-refractivity contribution in [1.29, 1.82) is 0 Å². The van der Waals surface area contributed by atoms with Crippen molar-refractivity contribution in [1.82, 2.24) is 9.97 Å². The third-order valence-electron chi connectivity index (χ3n) is 3.51. The molecule has 0 bridgehead atoms. The van der Waals surface area contributed by atoms with Gasteiger partial charge in [-0.15, -0.1) is 0 Å². The highest BCUT2D eigenvalue weighted by Crippen LogP contribution is 2.32. The topological polar surface area (TPSA) is 37.8 Å². The summed E-state index contributed by atoms with van der Waals surface area (Å²) in [6.45, 7) is 0.576. The van der Waals surface area contributed by atoms with Gasteiger partial charge in [-0.2, -0.15) is 13.2 Å². The van der Waals surface area contributed by atoms with Crippen LogP contribution in [-0.2, 0) is 12.6 Å². The maximum Gasteiger partial charge on any atom is 0.416 e. The second kappa shape index (κ2) is 6.24. The van der Waals surface area contributed by atoms with Crippen LogP contribution in [0.5, 0.6) is 0 Å². The minimum absolute atomic E-state index is 0.371. The lowest BCUT2D eigenvalue weighted by Gasteiger charge is -2.11. The second-order valence-corrected chi connectivity index (χ2v) is 5.11. The number of hydrogen-bond donors (Lipinski definition) is 1. The highest BCUT2D eigenvalue weighted by atomic mass is 19.4. The number of anilines is 1. The van der Waals surface area contributed by atoms with Gasteiger partial charge >= 0.3 is 6.18 Å². The van der Waals surface area contributed by atoms with Gasteiger partial charge in [0.25, 0.3) is 0 Å². The summed E-state index contributed by atoms with van der Waals surface area (Å²) in [4.78, 5) is 8.08. The number of alkyl halides is 3. The summed E-state index contributed by atoms with van der Waals surface area (Å²) in [7, 11) is 0. The molecule has 2 aromatic carbocycles. The first-order valence-electron chi connectivity index (χ1n) is 7.14. The lowest BCUT2D eigenvalue weighted by Crippen LogP contribution is -2.08.